The molecule has 1 unspecified atom stereocenters. The number of hydrogen-bond acceptors (Lipinski definition) is 6. The number of halogens is 2. The molecule has 1 fully saturated rings. The minimum absolute atomic E-state index is 0.0301. The molecule has 43 heavy (non-hydrogen) atoms. The molecule has 226 valence electrons. The monoisotopic (exact) mass is 624 g/mol. The number of morpholine rings is 1. The second-order valence-corrected chi connectivity index (χ2v) is 11.4. The molecule has 0 aliphatic carbocycles. The lowest BCUT2D eigenvalue weighted by Gasteiger charge is -2.37. The Morgan fingerprint density at radius 3 is 2.26 bits per heavy atom. The van der Waals surface area contributed by atoms with E-state index < -0.39 is 0 Å². The van der Waals surface area contributed by atoms with E-state index in [4.69, 9.17) is 32.7 Å². The van der Waals surface area contributed by atoms with Crippen LogP contribution in [0.1, 0.15) is 24.9 Å². The van der Waals surface area contributed by atoms with Gasteiger partial charge in [-0.05, 0) is 34.9 Å². The van der Waals surface area contributed by atoms with Crippen LogP contribution in [0.3, 0.4) is 0 Å². The highest BCUT2D eigenvalue weighted by molar-refractivity contribution is 6.42. The first-order valence-electron chi connectivity index (χ1n) is 14.2. The van der Waals surface area contributed by atoms with E-state index in [0.717, 1.165) is 35.5 Å². The van der Waals surface area contributed by atoms with Gasteiger partial charge in [0.1, 0.15) is 12.3 Å². The van der Waals surface area contributed by atoms with E-state index in [-0.39, 0.29) is 41.9 Å². The molecule has 1 saturated heterocycles. The summed E-state index contributed by atoms with van der Waals surface area (Å²) < 4.78 is 11.1. The summed E-state index contributed by atoms with van der Waals surface area (Å²) in [6.45, 7) is 4.90. The molecule has 2 heterocycles. The number of rotatable bonds is 9. The molecule has 1 atom stereocenters. The normalized spacial score (nSPS) is 15.8. The molecule has 5 rings (SSSR count). The Bertz CT molecular complexity index is 1480. The van der Waals surface area contributed by atoms with Crippen molar-refractivity contribution in [2.45, 2.75) is 19.4 Å². The number of carbonyl (C=O) groups excluding carboxylic acids is 3. The van der Waals surface area contributed by atoms with Crippen molar-refractivity contribution in [2.24, 2.45) is 0 Å². The summed E-state index contributed by atoms with van der Waals surface area (Å²) >= 11 is 12.4. The van der Waals surface area contributed by atoms with Gasteiger partial charge in [-0.25, -0.2) is 0 Å². The van der Waals surface area contributed by atoms with Crippen LogP contribution in [-0.4, -0.2) is 80.6 Å². The molecular formula is C32H34Cl2N4O5. The number of likely N-dealkylation sites (N-methyl/N-ethyl adjacent to an activating group) is 1. The fourth-order valence-electron chi connectivity index (χ4n) is 5.16. The molecule has 2 aliphatic rings. The van der Waals surface area contributed by atoms with Crippen LogP contribution in [-0.2, 0) is 19.1 Å². The number of benzene rings is 3. The molecule has 0 saturated carbocycles. The number of amides is 3. The van der Waals surface area contributed by atoms with E-state index >= 15 is 0 Å². The van der Waals surface area contributed by atoms with Crippen LogP contribution >= 0.6 is 23.2 Å². The highest BCUT2D eigenvalue weighted by Gasteiger charge is 2.32. The molecule has 2 aliphatic heterocycles. The van der Waals surface area contributed by atoms with Crippen LogP contribution in [0.25, 0.3) is 11.1 Å². The fraction of sp³-hybridized carbons (Fsp3) is 0.344. The summed E-state index contributed by atoms with van der Waals surface area (Å²) in [7, 11) is 1.77. The number of fused-ring (bicyclic) bond motifs is 1. The van der Waals surface area contributed by atoms with Crippen molar-refractivity contribution in [2.75, 3.05) is 63.3 Å². The maximum Gasteiger partial charge on any atom is 0.265 e. The quantitative estimate of drug-likeness (QED) is 0.349. The predicted octanol–water partition coefficient (Wildman–Crippen LogP) is 5.27. The van der Waals surface area contributed by atoms with Gasteiger partial charge in [0.2, 0.25) is 11.8 Å². The summed E-state index contributed by atoms with van der Waals surface area (Å²) in [5.41, 5.74) is 4.17. The molecule has 0 radical (unpaired) electrons. The Hall–Kier alpha value is -3.63. The number of anilines is 2. The number of ether oxygens (including phenoxy) is 2. The zero-order chi connectivity index (χ0) is 30.5. The summed E-state index contributed by atoms with van der Waals surface area (Å²) in [5, 5.41) is 3.45. The van der Waals surface area contributed by atoms with Gasteiger partial charge in [-0.3, -0.25) is 24.2 Å². The fourth-order valence-corrected chi connectivity index (χ4v) is 5.47. The van der Waals surface area contributed by atoms with Gasteiger partial charge in [0.25, 0.3) is 5.91 Å². The lowest BCUT2D eigenvalue weighted by Crippen LogP contribution is -2.48. The van der Waals surface area contributed by atoms with E-state index in [0.29, 0.717) is 42.6 Å². The maximum absolute atomic E-state index is 13.8. The van der Waals surface area contributed by atoms with E-state index in [1.54, 1.807) is 24.1 Å². The van der Waals surface area contributed by atoms with E-state index in [9.17, 15) is 14.4 Å². The molecule has 0 bridgehead atoms. The summed E-state index contributed by atoms with van der Waals surface area (Å²) in [4.78, 5) is 43.7. The molecule has 9 nitrogen and oxygen atoms in total. The minimum atomic E-state index is -0.331. The Kier molecular flexibility index (Phi) is 9.87. The highest BCUT2D eigenvalue weighted by Crippen LogP contribution is 2.39. The lowest BCUT2D eigenvalue weighted by molar-refractivity contribution is -0.133. The average molecular weight is 626 g/mol. The minimum Gasteiger partial charge on any atom is -0.482 e. The van der Waals surface area contributed by atoms with Gasteiger partial charge in [0.05, 0.1) is 35.0 Å². The van der Waals surface area contributed by atoms with Gasteiger partial charge in [-0.15, -0.1) is 0 Å². The van der Waals surface area contributed by atoms with Crippen LogP contribution in [0.15, 0.2) is 60.7 Å². The van der Waals surface area contributed by atoms with Crippen LogP contribution in [0.5, 0.6) is 5.75 Å². The smallest absolute Gasteiger partial charge is 0.265 e. The van der Waals surface area contributed by atoms with Gasteiger partial charge in [-0.2, -0.15) is 0 Å². The molecule has 3 aromatic carbocycles. The molecule has 3 amide bonds. The zero-order valence-corrected chi connectivity index (χ0v) is 25.7. The van der Waals surface area contributed by atoms with Crippen molar-refractivity contribution in [3.8, 4) is 16.9 Å². The van der Waals surface area contributed by atoms with Crippen LogP contribution in [0.2, 0.25) is 10.0 Å². The Morgan fingerprint density at radius 1 is 0.977 bits per heavy atom. The highest BCUT2D eigenvalue weighted by atomic mass is 35.5. The number of hydrogen-bond donors (Lipinski definition) is 1. The first-order chi connectivity index (χ1) is 20.7. The molecular weight excluding hydrogens is 591 g/mol. The third-order valence-corrected chi connectivity index (χ3v) is 8.47. The van der Waals surface area contributed by atoms with Crippen molar-refractivity contribution in [3.05, 3.63) is 76.3 Å². The second kappa shape index (κ2) is 13.8. The summed E-state index contributed by atoms with van der Waals surface area (Å²) in [6, 6.07) is 18.7. The maximum atomic E-state index is 13.8. The molecule has 0 aromatic heterocycles. The van der Waals surface area contributed by atoms with Gasteiger partial charge in [0, 0.05) is 44.9 Å². The van der Waals surface area contributed by atoms with Crippen LogP contribution in [0.4, 0.5) is 11.4 Å². The van der Waals surface area contributed by atoms with Gasteiger partial charge >= 0.3 is 0 Å². The largest absolute Gasteiger partial charge is 0.482 e. The number of nitrogens with zero attached hydrogens (tertiary/aromatic N) is 3. The molecule has 0 spiro atoms. The standard InChI is InChI=1S/C32H34Cl2N4O5/c1-3-30(39)35-24-10-8-22(9-11-24)21-4-6-23(7-5-21)28(18-37-12-14-42-15-13-37)36(2)31(40)19-38-27-16-25(33)26(34)17-29(27)43-20-32(38)41/h4-11,16-17,28H,3,12-15,18-20H2,1-2H3,(H,35,39). The Morgan fingerprint density at radius 2 is 1.60 bits per heavy atom. The van der Waals surface area contributed by atoms with Crippen molar-refractivity contribution in [1.29, 1.82) is 0 Å². The summed E-state index contributed by atoms with van der Waals surface area (Å²) in [6.07, 6.45) is 0.422. The number of carbonyl (C=O) groups is 3. The first kappa shape index (κ1) is 30.8. The topological polar surface area (TPSA) is 91.4 Å². The lowest BCUT2D eigenvalue weighted by atomic mass is 9.99. The predicted molar refractivity (Wildman–Crippen MR) is 168 cm³/mol. The summed E-state index contributed by atoms with van der Waals surface area (Å²) in [5.74, 6) is -0.176. The van der Waals surface area contributed by atoms with Gasteiger partial charge in [0.15, 0.2) is 6.61 Å². The average Bonchev–Trinajstić information content (AvgIpc) is 3.02. The molecule has 11 heteroatoms. The molecule has 1 N–H and O–H groups in total. The van der Waals surface area contributed by atoms with Gasteiger partial charge in [-0.1, -0.05) is 66.5 Å². The third-order valence-electron chi connectivity index (χ3n) is 7.75. The number of nitrogens with one attached hydrogen (secondary N) is 1. The van der Waals surface area contributed by atoms with Crippen molar-refractivity contribution < 1.29 is 23.9 Å². The Labute approximate surface area is 261 Å². The second-order valence-electron chi connectivity index (χ2n) is 10.5. The van der Waals surface area contributed by atoms with Crippen molar-refractivity contribution in [1.82, 2.24) is 9.80 Å². The third kappa shape index (κ3) is 7.30. The van der Waals surface area contributed by atoms with Crippen LogP contribution in [0, 0.1) is 0 Å². The zero-order valence-electron chi connectivity index (χ0n) is 24.1. The van der Waals surface area contributed by atoms with Crippen molar-refractivity contribution >= 4 is 52.3 Å². The van der Waals surface area contributed by atoms with Crippen molar-refractivity contribution in [3.63, 3.8) is 0 Å². The molecule has 3 aromatic rings. The van der Waals surface area contributed by atoms with Gasteiger partial charge < -0.3 is 19.7 Å². The van der Waals surface area contributed by atoms with E-state index in [2.05, 4.69) is 10.2 Å². The van der Waals surface area contributed by atoms with E-state index in [1.165, 1.54) is 4.90 Å². The Balaban J connectivity index is 1.36. The SMILES string of the molecule is CCC(=O)Nc1ccc(-c2ccc(C(CN3CCOCC3)N(C)C(=O)CN3C(=O)COc4cc(Cl)c(Cl)cc43)cc2)cc1. The van der Waals surface area contributed by atoms with E-state index in [1.807, 2.05) is 55.5 Å². The van der Waals surface area contributed by atoms with Crippen LogP contribution < -0.4 is 15.0 Å². The first-order valence-corrected chi connectivity index (χ1v) is 15.0.